The van der Waals surface area contributed by atoms with E-state index in [-0.39, 0.29) is 11.5 Å². The van der Waals surface area contributed by atoms with Crippen molar-refractivity contribution in [1.29, 1.82) is 0 Å². The smallest absolute Gasteiger partial charge is 0.231 e. The number of hydrogen-bond acceptors (Lipinski definition) is 5. The van der Waals surface area contributed by atoms with E-state index in [1.807, 2.05) is 7.05 Å². The zero-order valence-corrected chi connectivity index (χ0v) is 14.0. The topological polar surface area (TPSA) is 60.2 Å². The zero-order chi connectivity index (χ0) is 15.5. The summed E-state index contributed by atoms with van der Waals surface area (Å²) in [4.78, 5) is 4.67. The number of hydrogen-bond donors (Lipinski definition) is 1. The number of ether oxygens (including phenoxy) is 1. The van der Waals surface area contributed by atoms with Crippen molar-refractivity contribution >= 4 is 0 Å². The molecule has 1 aromatic rings. The van der Waals surface area contributed by atoms with Crippen molar-refractivity contribution in [2.45, 2.75) is 70.9 Å². The number of aromatic nitrogens is 2. The Hall–Kier alpha value is -0.940. The normalized spacial score (nSPS) is 25.6. The van der Waals surface area contributed by atoms with Gasteiger partial charge in [0.2, 0.25) is 11.7 Å². The predicted octanol–water partition coefficient (Wildman–Crippen LogP) is 3.44. The van der Waals surface area contributed by atoms with Crippen LogP contribution in [0.25, 0.3) is 0 Å². The highest BCUT2D eigenvalue weighted by molar-refractivity contribution is 5.03. The van der Waals surface area contributed by atoms with Gasteiger partial charge in [-0.2, -0.15) is 4.98 Å². The molecule has 1 fully saturated rings. The molecular weight excluding hydrogens is 266 g/mol. The fourth-order valence-corrected chi connectivity index (χ4v) is 3.30. The van der Waals surface area contributed by atoms with Crippen LogP contribution in [0.3, 0.4) is 0 Å². The van der Waals surface area contributed by atoms with Gasteiger partial charge < -0.3 is 14.6 Å². The lowest BCUT2D eigenvalue weighted by Crippen LogP contribution is -2.31. The van der Waals surface area contributed by atoms with Crippen LogP contribution in [-0.2, 0) is 4.74 Å². The SMILES string of the molecule is CNC1CCCCCC1c1nc(C(OC)C(C)(C)C)no1. The Balaban J connectivity index is 2.21. The Morgan fingerprint density at radius 2 is 1.95 bits per heavy atom. The molecule has 1 N–H and O–H groups in total. The number of rotatable bonds is 4. The van der Waals surface area contributed by atoms with E-state index >= 15 is 0 Å². The second-order valence-corrected chi connectivity index (χ2v) is 7.11. The molecular formula is C16H29N3O2. The van der Waals surface area contributed by atoms with Crippen LogP contribution in [0.5, 0.6) is 0 Å². The minimum absolute atomic E-state index is 0.0538. The van der Waals surface area contributed by atoms with Gasteiger partial charge in [0, 0.05) is 13.2 Å². The Kier molecular flexibility index (Phi) is 5.38. The fraction of sp³-hybridized carbons (Fsp3) is 0.875. The average molecular weight is 295 g/mol. The molecule has 1 heterocycles. The molecule has 0 radical (unpaired) electrons. The van der Waals surface area contributed by atoms with Crippen LogP contribution in [0.15, 0.2) is 4.52 Å². The molecule has 120 valence electrons. The van der Waals surface area contributed by atoms with E-state index in [1.54, 1.807) is 7.11 Å². The summed E-state index contributed by atoms with van der Waals surface area (Å²) in [6, 6.07) is 0.427. The van der Waals surface area contributed by atoms with E-state index in [0.29, 0.717) is 17.8 Å². The summed E-state index contributed by atoms with van der Waals surface area (Å²) in [5.74, 6) is 1.74. The molecule has 0 bridgehead atoms. The predicted molar refractivity (Wildman–Crippen MR) is 82.2 cm³/mol. The van der Waals surface area contributed by atoms with Gasteiger partial charge in [0.15, 0.2) is 0 Å². The van der Waals surface area contributed by atoms with Gasteiger partial charge in [-0.05, 0) is 25.3 Å². The zero-order valence-electron chi connectivity index (χ0n) is 14.0. The third-order valence-corrected chi connectivity index (χ3v) is 4.42. The third-order valence-electron chi connectivity index (χ3n) is 4.42. The second-order valence-electron chi connectivity index (χ2n) is 7.11. The first-order valence-corrected chi connectivity index (χ1v) is 8.01. The van der Waals surface area contributed by atoms with Crippen LogP contribution in [0.4, 0.5) is 0 Å². The summed E-state index contributed by atoms with van der Waals surface area (Å²) in [6.07, 6.45) is 5.93. The van der Waals surface area contributed by atoms with Crippen LogP contribution in [0, 0.1) is 5.41 Å². The van der Waals surface area contributed by atoms with Crippen LogP contribution >= 0.6 is 0 Å². The number of likely N-dealkylation sites (N-methyl/N-ethyl adjacent to an activating group) is 1. The second kappa shape index (κ2) is 6.88. The standard InChI is InChI=1S/C16H29N3O2/c1-16(2,3)13(20-5)14-18-15(21-19-14)11-9-7-6-8-10-12(11)17-4/h11-13,17H,6-10H2,1-5H3. The van der Waals surface area contributed by atoms with Gasteiger partial charge in [0.25, 0.3) is 0 Å². The summed E-state index contributed by atoms with van der Waals surface area (Å²) < 4.78 is 11.2. The Bertz CT molecular complexity index is 439. The van der Waals surface area contributed by atoms with Crippen molar-refractivity contribution in [1.82, 2.24) is 15.5 Å². The lowest BCUT2D eigenvalue weighted by atomic mass is 9.88. The highest BCUT2D eigenvalue weighted by atomic mass is 16.5. The van der Waals surface area contributed by atoms with Crippen LogP contribution in [0.2, 0.25) is 0 Å². The summed E-state index contributed by atoms with van der Waals surface area (Å²) in [7, 11) is 3.72. The van der Waals surface area contributed by atoms with E-state index in [9.17, 15) is 0 Å². The molecule has 5 nitrogen and oxygen atoms in total. The van der Waals surface area contributed by atoms with Crippen molar-refractivity contribution in [3.05, 3.63) is 11.7 Å². The third kappa shape index (κ3) is 3.83. The van der Waals surface area contributed by atoms with E-state index in [0.717, 1.165) is 12.3 Å². The Labute approximate surface area is 127 Å². The molecule has 1 aliphatic carbocycles. The Morgan fingerprint density at radius 3 is 2.57 bits per heavy atom. The summed E-state index contributed by atoms with van der Waals surface area (Å²) >= 11 is 0. The first kappa shape index (κ1) is 16.4. The molecule has 1 aromatic heterocycles. The molecule has 0 saturated heterocycles. The molecule has 0 aromatic carbocycles. The molecule has 3 atom stereocenters. The molecule has 21 heavy (non-hydrogen) atoms. The highest BCUT2D eigenvalue weighted by Crippen LogP contribution is 2.36. The van der Waals surface area contributed by atoms with E-state index < -0.39 is 0 Å². The van der Waals surface area contributed by atoms with Gasteiger partial charge in [0.1, 0.15) is 6.10 Å². The molecule has 5 heteroatoms. The van der Waals surface area contributed by atoms with Gasteiger partial charge in [-0.25, -0.2) is 0 Å². The molecule has 0 aliphatic heterocycles. The van der Waals surface area contributed by atoms with Crippen molar-refractivity contribution in [2.75, 3.05) is 14.2 Å². The fourth-order valence-electron chi connectivity index (χ4n) is 3.30. The molecule has 0 spiro atoms. The summed E-state index contributed by atoms with van der Waals surface area (Å²) in [6.45, 7) is 6.37. The molecule has 2 rings (SSSR count). The van der Waals surface area contributed by atoms with Gasteiger partial charge in [-0.1, -0.05) is 45.2 Å². The lowest BCUT2D eigenvalue weighted by Gasteiger charge is -2.26. The summed E-state index contributed by atoms with van der Waals surface area (Å²) in [5.41, 5.74) is -0.0538. The highest BCUT2D eigenvalue weighted by Gasteiger charge is 2.33. The van der Waals surface area contributed by atoms with Crippen molar-refractivity contribution in [3.8, 4) is 0 Å². The maximum Gasteiger partial charge on any atom is 0.231 e. The first-order chi connectivity index (χ1) is 9.97. The van der Waals surface area contributed by atoms with Crippen molar-refractivity contribution in [3.63, 3.8) is 0 Å². The maximum absolute atomic E-state index is 5.59. The minimum atomic E-state index is -0.145. The monoisotopic (exact) mass is 295 g/mol. The van der Waals surface area contributed by atoms with Crippen molar-refractivity contribution < 1.29 is 9.26 Å². The van der Waals surface area contributed by atoms with E-state index in [2.05, 4.69) is 36.2 Å². The van der Waals surface area contributed by atoms with Crippen molar-refractivity contribution in [2.24, 2.45) is 5.41 Å². The van der Waals surface area contributed by atoms with Crippen LogP contribution in [0.1, 0.15) is 76.6 Å². The quantitative estimate of drug-likeness (QED) is 0.862. The van der Waals surface area contributed by atoms with Crippen LogP contribution < -0.4 is 5.32 Å². The van der Waals surface area contributed by atoms with Gasteiger partial charge >= 0.3 is 0 Å². The molecule has 1 saturated carbocycles. The minimum Gasteiger partial charge on any atom is -0.373 e. The largest absolute Gasteiger partial charge is 0.373 e. The molecule has 3 unspecified atom stereocenters. The van der Waals surface area contributed by atoms with Gasteiger partial charge in [-0.15, -0.1) is 0 Å². The van der Waals surface area contributed by atoms with Gasteiger partial charge in [0.05, 0.1) is 5.92 Å². The maximum atomic E-state index is 5.59. The number of methoxy groups -OCH3 is 1. The first-order valence-electron chi connectivity index (χ1n) is 8.01. The number of nitrogens with one attached hydrogen (secondary N) is 1. The molecule has 0 amide bonds. The van der Waals surface area contributed by atoms with E-state index in [1.165, 1.54) is 25.7 Å². The van der Waals surface area contributed by atoms with Gasteiger partial charge in [-0.3, -0.25) is 0 Å². The average Bonchev–Trinajstić information content (AvgIpc) is 2.75. The number of nitrogens with zero attached hydrogens (tertiary/aromatic N) is 2. The van der Waals surface area contributed by atoms with Crippen LogP contribution in [-0.4, -0.2) is 30.3 Å². The lowest BCUT2D eigenvalue weighted by molar-refractivity contribution is 0.00718. The Morgan fingerprint density at radius 1 is 1.24 bits per heavy atom. The van der Waals surface area contributed by atoms with E-state index in [4.69, 9.17) is 9.26 Å². The molecule has 1 aliphatic rings. The summed E-state index contributed by atoms with van der Waals surface area (Å²) in [5, 5.41) is 7.61.